The number of carbonyl (C=O) groups is 1. The van der Waals surface area contributed by atoms with E-state index in [1.54, 1.807) is 18.5 Å². The third-order valence-corrected chi connectivity index (χ3v) is 6.89. The number of piperidine rings is 1. The predicted molar refractivity (Wildman–Crippen MR) is 113 cm³/mol. The lowest BCUT2D eigenvalue weighted by Crippen LogP contribution is -2.52. The smallest absolute Gasteiger partial charge is 0.251 e. The number of hydrogen-bond donors (Lipinski definition) is 1. The number of hydrogen-bond acceptors (Lipinski definition) is 5. The molecular formula is C23H24N4O3. The molecule has 1 saturated heterocycles. The van der Waals surface area contributed by atoms with Crippen LogP contribution in [0.5, 0.6) is 0 Å². The fourth-order valence-corrected chi connectivity index (χ4v) is 5.30. The Hall–Kier alpha value is -3.09. The summed E-state index contributed by atoms with van der Waals surface area (Å²) in [6.45, 7) is 2.12. The molecule has 2 fully saturated rings. The molecule has 0 spiro atoms. The van der Waals surface area contributed by atoms with Gasteiger partial charge in [-0.1, -0.05) is 6.07 Å². The summed E-state index contributed by atoms with van der Waals surface area (Å²) in [7, 11) is 0. The average molecular weight is 404 g/mol. The Morgan fingerprint density at radius 3 is 2.97 bits per heavy atom. The molecule has 0 aromatic carbocycles. The summed E-state index contributed by atoms with van der Waals surface area (Å²) >= 11 is 0. The van der Waals surface area contributed by atoms with E-state index in [0.29, 0.717) is 6.54 Å². The van der Waals surface area contributed by atoms with Gasteiger partial charge in [0.1, 0.15) is 11.4 Å². The Balaban J connectivity index is 1.37. The number of aromatic nitrogens is 2. The van der Waals surface area contributed by atoms with Gasteiger partial charge in [-0.3, -0.25) is 9.59 Å². The normalized spacial score (nSPS) is 25.2. The Morgan fingerprint density at radius 1 is 1.20 bits per heavy atom. The van der Waals surface area contributed by atoms with Crippen LogP contribution >= 0.6 is 0 Å². The number of amides is 1. The topological polar surface area (TPSA) is 80.4 Å². The first-order chi connectivity index (χ1) is 14.7. The van der Waals surface area contributed by atoms with Crippen LogP contribution in [0.25, 0.3) is 11.0 Å². The summed E-state index contributed by atoms with van der Waals surface area (Å²) in [4.78, 5) is 32.1. The minimum Gasteiger partial charge on any atom is -0.464 e. The molecule has 2 aliphatic heterocycles. The molecule has 1 saturated carbocycles. The summed E-state index contributed by atoms with van der Waals surface area (Å²) in [5.41, 5.74) is 1.92. The quantitative estimate of drug-likeness (QED) is 0.723. The Labute approximate surface area is 173 Å². The largest absolute Gasteiger partial charge is 0.464 e. The van der Waals surface area contributed by atoms with Gasteiger partial charge in [-0.2, -0.15) is 0 Å². The van der Waals surface area contributed by atoms with Crippen LogP contribution in [0.4, 0.5) is 5.82 Å². The lowest BCUT2D eigenvalue weighted by Gasteiger charge is -2.47. The molecule has 154 valence electrons. The predicted octanol–water partition coefficient (Wildman–Crippen LogP) is 2.68. The minimum absolute atomic E-state index is 0.0244. The molecule has 3 aromatic heterocycles. The maximum absolute atomic E-state index is 12.8. The van der Waals surface area contributed by atoms with Gasteiger partial charge < -0.3 is 19.2 Å². The van der Waals surface area contributed by atoms with E-state index >= 15 is 0 Å². The van der Waals surface area contributed by atoms with Gasteiger partial charge in [-0.15, -0.1) is 0 Å². The van der Waals surface area contributed by atoms with Gasteiger partial charge in [-0.05, 0) is 43.4 Å². The molecule has 3 atom stereocenters. The first-order valence-corrected chi connectivity index (χ1v) is 10.8. The number of nitrogens with zero attached hydrogens (tertiary/aromatic N) is 3. The number of pyridine rings is 2. The van der Waals surface area contributed by atoms with Crippen LogP contribution in [0.3, 0.4) is 0 Å². The van der Waals surface area contributed by atoms with Crippen molar-refractivity contribution < 1.29 is 9.21 Å². The molecule has 3 aliphatic rings. The second-order valence-electron chi connectivity index (χ2n) is 8.81. The molecule has 30 heavy (non-hydrogen) atoms. The van der Waals surface area contributed by atoms with Crippen molar-refractivity contribution in [3.8, 4) is 0 Å². The van der Waals surface area contributed by atoms with Crippen molar-refractivity contribution >= 4 is 22.7 Å². The van der Waals surface area contributed by atoms with Crippen LogP contribution in [-0.2, 0) is 4.79 Å². The third kappa shape index (κ3) is 2.83. The van der Waals surface area contributed by atoms with Crippen LogP contribution in [0, 0.1) is 11.8 Å². The van der Waals surface area contributed by atoms with E-state index in [-0.39, 0.29) is 35.3 Å². The minimum atomic E-state index is -0.0426. The van der Waals surface area contributed by atoms with Crippen molar-refractivity contribution in [2.24, 2.45) is 11.8 Å². The van der Waals surface area contributed by atoms with Gasteiger partial charge in [0, 0.05) is 49.4 Å². The van der Waals surface area contributed by atoms with Crippen LogP contribution in [0.15, 0.2) is 52.0 Å². The van der Waals surface area contributed by atoms with E-state index in [1.807, 2.05) is 22.8 Å². The molecule has 3 aromatic rings. The Bertz CT molecular complexity index is 1180. The monoisotopic (exact) mass is 404 g/mol. The third-order valence-electron chi connectivity index (χ3n) is 6.89. The number of anilines is 1. The molecular weight excluding hydrogens is 380 g/mol. The van der Waals surface area contributed by atoms with Gasteiger partial charge in [0.05, 0.1) is 17.7 Å². The summed E-state index contributed by atoms with van der Waals surface area (Å²) in [6, 6.07) is 9.35. The van der Waals surface area contributed by atoms with Crippen molar-refractivity contribution in [2.75, 3.05) is 24.5 Å². The SMILES string of the molecule is O=C(NC[C@H]1[C@H]2C[C@H](CN(c3nccc4occc34)C2)c2cccc(=O)n21)C1CC1. The molecule has 2 bridgehead atoms. The molecule has 1 aliphatic carbocycles. The summed E-state index contributed by atoms with van der Waals surface area (Å²) in [5.74, 6) is 1.75. The van der Waals surface area contributed by atoms with Gasteiger partial charge in [-0.25, -0.2) is 4.98 Å². The molecule has 0 radical (unpaired) electrons. The highest BCUT2D eigenvalue weighted by atomic mass is 16.3. The highest BCUT2D eigenvalue weighted by molar-refractivity contribution is 5.88. The molecule has 7 nitrogen and oxygen atoms in total. The average Bonchev–Trinajstić information content (AvgIpc) is 3.50. The highest BCUT2D eigenvalue weighted by Gasteiger charge is 2.41. The second-order valence-corrected chi connectivity index (χ2v) is 8.81. The number of nitrogens with one attached hydrogen (secondary N) is 1. The fraction of sp³-hybridized carbons (Fsp3) is 0.435. The molecule has 1 N–H and O–H groups in total. The molecule has 6 rings (SSSR count). The number of rotatable bonds is 4. The van der Waals surface area contributed by atoms with E-state index < -0.39 is 0 Å². The molecule has 1 amide bonds. The van der Waals surface area contributed by atoms with Crippen LogP contribution in [0.2, 0.25) is 0 Å². The van der Waals surface area contributed by atoms with Crippen molar-refractivity contribution in [1.82, 2.24) is 14.9 Å². The number of fused-ring (bicyclic) bond motifs is 5. The van der Waals surface area contributed by atoms with Crippen molar-refractivity contribution in [1.29, 1.82) is 0 Å². The summed E-state index contributed by atoms with van der Waals surface area (Å²) in [5, 5.41) is 4.13. The Morgan fingerprint density at radius 2 is 2.10 bits per heavy atom. The van der Waals surface area contributed by atoms with E-state index in [2.05, 4.69) is 21.3 Å². The molecule has 7 heteroatoms. The first kappa shape index (κ1) is 17.7. The number of carbonyl (C=O) groups excluding carboxylic acids is 1. The lowest BCUT2D eigenvalue weighted by molar-refractivity contribution is -0.122. The highest BCUT2D eigenvalue weighted by Crippen LogP contribution is 2.43. The maximum Gasteiger partial charge on any atom is 0.251 e. The molecule has 5 heterocycles. The number of furan rings is 1. The van der Waals surface area contributed by atoms with Crippen molar-refractivity contribution in [2.45, 2.75) is 31.2 Å². The van der Waals surface area contributed by atoms with Gasteiger partial charge in [0.15, 0.2) is 0 Å². The van der Waals surface area contributed by atoms with Gasteiger partial charge in [0.2, 0.25) is 5.91 Å². The van der Waals surface area contributed by atoms with Gasteiger partial charge >= 0.3 is 0 Å². The van der Waals surface area contributed by atoms with E-state index in [1.165, 1.54) is 0 Å². The standard InChI is InChI=1S/C23H24N4O3/c28-21-3-1-2-18-15-10-16(19(27(18)21)11-25-23(29)14-4-5-14)13-26(12-15)22-17-7-9-30-20(17)6-8-24-22/h1-3,6-9,14-16,19H,4-5,10-13H2,(H,25,29)/t15-,16+,19+/m1/s1. The molecule has 0 unspecified atom stereocenters. The van der Waals surface area contributed by atoms with Crippen LogP contribution < -0.4 is 15.8 Å². The zero-order chi connectivity index (χ0) is 20.2. The lowest BCUT2D eigenvalue weighted by atomic mass is 9.78. The zero-order valence-corrected chi connectivity index (χ0v) is 16.7. The second kappa shape index (κ2) is 6.72. The van der Waals surface area contributed by atoms with Crippen LogP contribution in [0.1, 0.15) is 36.9 Å². The van der Waals surface area contributed by atoms with Crippen molar-refractivity contribution in [3.63, 3.8) is 0 Å². The van der Waals surface area contributed by atoms with Crippen LogP contribution in [-0.4, -0.2) is 35.1 Å². The zero-order valence-electron chi connectivity index (χ0n) is 16.7. The summed E-state index contributed by atoms with van der Waals surface area (Å²) in [6.07, 6.45) is 6.47. The first-order valence-electron chi connectivity index (χ1n) is 10.8. The summed E-state index contributed by atoms with van der Waals surface area (Å²) < 4.78 is 7.51. The van der Waals surface area contributed by atoms with E-state index in [9.17, 15) is 9.59 Å². The fourth-order valence-electron chi connectivity index (χ4n) is 5.30. The van der Waals surface area contributed by atoms with Gasteiger partial charge in [0.25, 0.3) is 5.56 Å². The maximum atomic E-state index is 12.8. The van der Waals surface area contributed by atoms with E-state index in [4.69, 9.17) is 4.42 Å². The van der Waals surface area contributed by atoms with Crippen molar-refractivity contribution in [3.05, 3.63) is 58.8 Å². The Kier molecular flexibility index (Phi) is 3.97. The van der Waals surface area contributed by atoms with E-state index in [0.717, 1.165) is 54.8 Å².